The molecule has 4 aliphatic heterocycles. The number of allylic oxidation sites excluding steroid dienone is 2. The summed E-state index contributed by atoms with van der Waals surface area (Å²) in [5.41, 5.74) is 8.84. The van der Waals surface area contributed by atoms with Gasteiger partial charge in [0.2, 0.25) is 11.8 Å². The quantitative estimate of drug-likeness (QED) is 0.0411. The zero-order valence-electron chi connectivity index (χ0n) is 60.6. The maximum absolute atomic E-state index is 13.6. The lowest BCUT2D eigenvalue weighted by Crippen LogP contribution is -2.45. The van der Waals surface area contributed by atoms with Crippen LogP contribution in [0.4, 0.5) is 20.1 Å². The molecule has 2 aromatic rings. The predicted molar refractivity (Wildman–Crippen MR) is 377 cm³/mol. The first-order valence-corrected chi connectivity index (χ1v) is 35.3. The molecule has 0 bridgehead atoms. The number of primary amides is 1. The Balaban J connectivity index is 0.000000362. The average molecular weight is 1400 g/mol. The van der Waals surface area contributed by atoms with Gasteiger partial charge in [0, 0.05) is 93.8 Å². The van der Waals surface area contributed by atoms with Crippen molar-refractivity contribution in [3.8, 4) is 0 Å². The summed E-state index contributed by atoms with van der Waals surface area (Å²) in [5, 5.41) is 19.4. The first kappa shape index (κ1) is 83.1. The molecule has 6 N–H and O–H groups in total. The zero-order valence-corrected chi connectivity index (χ0v) is 60.6. The molecule has 5 heterocycles. The van der Waals surface area contributed by atoms with Crippen LogP contribution in [0.2, 0.25) is 0 Å². The molecule has 9 amide bonds. The van der Waals surface area contributed by atoms with Gasteiger partial charge < -0.3 is 84.5 Å². The molecule has 6 rings (SSSR count). The minimum atomic E-state index is -0.773. The van der Waals surface area contributed by atoms with Crippen LogP contribution in [-0.2, 0) is 81.6 Å². The average Bonchev–Trinajstić information content (AvgIpc) is 1.68. The maximum Gasteiger partial charge on any atom is 0.410 e. The predicted octanol–water partition coefficient (Wildman–Crippen LogP) is 7.15. The molecule has 28 heteroatoms. The number of hydrogen-bond donors (Lipinski definition) is 5. The summed E-state index contributed by atoms with van der Waals surface area (Å²) in [6, 6.07) is 5.52. The van der Waals surface area contributed by atoms with Crippen molar-refractivity contribution in [3.63, 3.8) is 0 Å². The lowest BCUT2D eigenvalue weighted by Gasteiger charge is -2.27. The van der Waals surface area contributed by atoms with E-state index >= 15 is 0 Å². The molecule has 0 aliphatic carbocycles. The summed E-state index contributed by atoms with van der Waals surface area (Å²) in [6.45, 7) is 36.6. The summed E-state index contributed by atoms with van der Waals surface area (Å²) in [5.74, 6) is -1.01. The number of nitrogens with zero attached hydrogens (tertiary/aromatic N) is 7. The molecular weight excluding hydrogens is 1290 g/mol. The molecule has 100 heavy (non-hydrogen) atoms. The number of carbonyl (C=O) groups excluding carboxylic acids is 8. The highest BCUT2D eigenvalue weighted by Gasteiger charge is 2.36. The summed E-state index contributed by atoms with van der Waals surface area (Å²) in [6.07, 6.45) is 12.7. The molecule has 0 radical (unpaired) electrons. The largest absolute Gasteiger partial charge is 0.445 e. The standard InChI is InChI=1S/C39H58N6O7.C33H56N6O9/c1-26(2)35(43-33(47)12-8-7-9-21-45-27(3)13-18-34(45)48)32(46)23-29(11-10-20-41-37(40)50)36(49)42-31-16-14-28(15-17-31)25-52-38(51)44-22-19-30(24-44)39(4,5)6;1-28-5-6-31(40)39(28)27-30-26-38(36-35-30)10-12-43-14-16-45-18-20-47-22-24-48-23-21-46-19-17-44-15-13-42-11-8-34-32(41)37-9-7-29(25-37)33(2,3)4/h13-18,26,29-30,35H,3,7-12,19-25H2,1-2,4-6H3,(H,42,49)(H,43,47)(H3,40,41,50);5-6,26,29H,1,7-25,27H2,2-4H3,(H,34,41)/t29-,30?,35+;/m1./s1. The number of rotatable bonds is 45. The van der Waals surface area contributed by atoms with Crippen molar-refractivity contribution in [2.24, 2.45) is 40.2 Å². The van der Waals surface area contributed by atoms with E-state index in [9.17, 15) is 38.4 Å². The van der Waals surface area contributed by atoms with Gasteiger partial charge in [-0.2, -0.15) is 0 Å². The highest BCUT2D eigenvalue weighted by Crippen LogP contribution is 2.35. The van der Waals surface area contributed by atoms with Crippen LogP contribution in [0, 0.1) is 34.5 Å². The van der Waals surface area contributed by atoms with E-state index in [1.807, 2.05) is 18.7 Å². The lowest BCUT2D eigenvalue weighted by atomic mass is 9.80. The summed E-state index contributed by atoms with van der Waals surface area (Å²) < 4.78 is 45.9. The van der Waals surface area contributed by atoms with Gasteiger partial charge in [-0.05, 0) is 97.0 Å². The minimum absolute atomic E-state index is 0.00737. The highest BCUT2D eigenvalue weighted by molar-refractivity contribution is 5.97. The number of benzene rings is 1. The number of Topliss-reactive ketones (excluding diaryl/α,β-unsaturated/α-hetero) is 1. The first-order chi connectivity index (χ1) is 47.8. The monoisotopic (exact) mass is 1400 g/mol. The number of anilines is 1. The van der Waals surface area contributed by atoms with Crippen LogP contribution in [0.5, 0.6) is 0 Å². The summed E-state index contributed by atoms with van der Waals surface area (Å²) in [7, 11) is 0. The molecule has 0 spiro atoms. The second-order valence-electron chi connectivity index (χ2n) is 27.8. The zero-order chi connectivity index (χ0) is 72.9. The molecule has 0 saturated carbocycles. The number of ether oxygens (including phenoxy) is 8. The van der Waals surface area contributed by atoms with E-state index < -0.39 is 18.0 Å². The van der Waals surface area contributed by atoms with Crippen LogP contribution in [0.1, 0.15) is 124 Å². The fourth-order valence-electron chi connectivity index (χ4n) is 11.3. The van der Waals surface area contributed by atoms with Crippen LogP contribution < -0.4 is 27.0 Å². The van der Waals surface area contributed by atoms with Gasteiger partial charge >= 0.3 is 18.2 Å². The number of nitrogens with one attached hydrogen (secondary N) is 4. The molecular formula is C72H114N12O16. The van der Waals surface area contributed by atoms with Crippen molar-refractivity contribution < 1.29 is 76.3 Å². The number of carbonyl (C=O) groups is 8. The number of amides is 9. The third kappa shape index (κ3) is 31.9. The van der Waals surface area contributed by atoms with Crippen LogP contribution in [-0.4, -0.2) is 227 Å². The van der Waals surface area contributed by atoms with Crippen LogP contribution in [0.15, 0.2) is 79.3 Å². The van der Waals surface area contributed by atoms with Gasteiger partial charge in [0.1, 0.15) is 12.3 Å². The van der Waals surface area contributed by atoms with E-state index in [1.54, 1.807) is 62.0 Å². The van der Waals surface area contributed by atoms with Crippen molar-refractivity contribution in [2.75, 3.05) is 144 Å². The molecule has 28 nitrogen and oxygen atoms in total. The first-order valence-electron chi connectivity index (χ1n) is 35.3. The fraction of sp³-hybridized carbons (Fsp3) is 0.667. The van der Waals surface area contributed by atoms with E-state index in [0.717, 1.165) is 44.3 Å². The Morgan fingerprint density at radius 3 is 1.68 bits per heavy atom. The molecule has 4 aliphatic rings. The van der Waals surface area contributed by atoms with Crippen molar-refractivity contribution in [3.05, 3.63) is 90.6 Å². The molecule has 1 aromatic heterocycles. The molecule has 2 unspecified atom stereocenters. The molecule has 2 fully saturated rings. The van der Waals surface area contributed by atoms with Crippen molar-refractivity contribution >= 4 is 53.3 Å². The van der Waals surface area contributed by atoms with Crippen molar-refractivity contribution in [1.29, 1.82) is 0 Å². The third-order valence-electron chi connectivity index (χ3n) is 17.6. The second kappa shape index (κ2) is 44.6. The number of unbranched alkanes of at least 4 members (excludes halogenated alkanes) is 2. The van der Waals surface area contributed by atoms with E-state index in [4.69, 9.17) is 43.6 Å². The molecule has 1 aromatic carbocycles. The number of urea groups is 2. The van der Waals surface area contributed by atoms with Gasteiger partial charge in [0.05, 0.1) is 118 Å². The Bertz CT molecular complexity index is 2930. The number of aromatic nitrogens is 3. The van der Waals surface area contributed by atoms with Gasteiger partial charge in [0.15, 0.2) is 5.78 Å². The highest BCUT2D eigenvalue weighted by atomic mass is 16.6. The van der Waals surface area contributed by atoms with E-state index in [-0.39, 0.29) is 84.3 Å². The van der Waals surface area contributed by atoms with Crippen LogP contribution >= 0.6 is 0 Å². The summed E-state index contributed by atoms with van der Waals surface area (Å²) >= 11 is 0. The van der Waals surface area contributed by atoms with Gasteiger partial charge in [0.25, 0.3) is 11.8 Å². The van der Waals surface area contributed by atoms with Crippen molar-refractivity contribution in [1.82, 2.24) is 50.5 Å². The van der Waals surface area contributed by atoms with E-state index in [0.29, 0.717) is 186 Å². The lowest BCUT2D eigenvalue weighted by molar-refractivity contribution is -0.131. The van der Waals surface area contributed by atoms with Crippen LogP contribution in [0.3, 0.4) is 0 Å². The normalized spacial score (nSPS) is 16.7. The maximum atomic E-state index is 13.6. The van der Waals surface area contributed by atoms with E-state index in [2.05, 4.69) is 86.3 Å². The van der Waals surface area contributed by atoms with Gasteiger partial charge in [-0.15, -0.1) is 5.10 Å². The van der Waals surface area contributed by atoms with E-state index in [1.165, 1.54) is 12.2 Å². The molecule has 2 saturated heterocycles. The SMILES string of the molecule is C=C1C=CC(=O)N1CCCCCC(=O)N[C@H](C(=O)C[C@@H](CCCNC(N)=O)C(=O)Nc1ccc(COC(=O)N2CCC(C(C)(C)C)C2)cc1)C(C)C.C=C1C=CC(=O)N1Cc1cn(CCOCCOCCOCCOCCOCCOCCOCCNC(=O)N2CCC(C(C)(C)C)C2)nn1. The Hall–Kier alpha value is -7.60. The Morgan fingerprint density at radius 2 is 1.16 bits per heavy atom. The number of hydrogen-bond acceptors (Lipinski definition) is 18. The number of ketones is 1. The van der Waals surface area contributed by atoms with Crippen molar-refractivity contribution in [2.45, 2.75) is 139 Å². The minimum Gasteiger partial charge on any atom is -0.445 e. The number of nitrogens with two attached hydrogens (primary N) is 1. The molecule has 4 atom stereocenters. The third-order valence-corrected chi connectivity index (χ3v) is 17.6. The van der Waals surface area contributed by atoms with Crippen LogP contribution in [0.25, 0.3) is 0 Å². The number of likely N-dealkylation sites (tertiary alicyclic amines) is 2. The molecule has 558 valence electrons. The summed E-state index contributed by atoms with van der Waals surface area (Å²) in [4.78, 5) is 106. The van der Waals surface area contributed by atoms with Gasteiger partial charge in [-0.1, -0.05) is 92.3 Å². The Morgan fingerprint density at radius 1 is 0.630 bits per heavy atom. The second-order valence-corrected chi connectivity index (χ2v) is 27.8. The van der Waals surface area contributed by atoms with Gasteiger partial charge in [-0.25, -0.2) is 19.1 Å². The Kier molecular flexibility index (Phi) is 37.1. The Labute approximate surface area is 591 Å². The van der Waals surface area contributed by atoms with Gasteiger partial charge in [-0.3, -0.25) is 24.0 Å². The topological polar surface area (TPSA) is 328 Å². The fourth-order valence-corrected chi connectivity index (χ4v) is 11.3. The smallest absolute Gasteiger partial charge is 0.410 e.